The van der Waals surface area contributed by atoms with Gasteiger partial charge in [-0.3, -0.25) is 14.3 Å². The first-order chi connectivity index (χ1) is 20.0. The summed E-state index contributed by atoms with van der Waals surface area (Å²) in [6.45, 7) is 5.03. The molecule has 3 aromatic rings. The number of carbonyl (C=O) groups is 1. The normalized spacial score (nSPS) is 19.7. The van der Waals surface area contributed by atoms with Crippen molar-refractivity contribution >= 4 is 34.4 Å². The van der Waals surface area contributed by atoms with E-state index in [9.17, 15) is 31.5 Å². The van der Waals surface area contributed by atoms with E-state index in [1.54, 1.807) is 4.90 Å². The molecule has 4 heterocycles. The van der Waals surface area contributed by atoms with Crippen LogP contribution >= 0.6 is 11.8 Å². The molecule has 0 spiro atoms. The van der Waals surface area contributed by atoms with Gasteiger partial charge in [0.05, 0.1) is 17.1 Å². The molecular formula is C28H25F6N5O2S. The number of rotatable bonds is 5. The molecule has 3 aliphatic rings. The minimum absolute atomic E-state index is 0.0313. The monoisotopic (exact) mass is 609 g/mol. The molecule has 222 valence electrons. The number of anilines is 1. The lowest BCUT2D eigenvalue weighted by molar-refractivity contribution is -0.137. The molecule has 0 aliphatic carbocycles. The Morgan fingerprint density at radius 3 is 2.45 bits per heavy atom. The van der Waals surface area contributed by atoms with Gasteiger partial charge in [-0.15, -0.1) is 11.8 Å². The first-order valence-corrected chi connectivity index (χ1v) is 14.3. The quantitative estimate of drug-likeness (QED) is 0.314. The molecule has 0 saturated carbocycles. The van der Waals surface area contributed by atoms with Crippen LogP contribution in [0, 0.1) is 11.6 Å². The number of aromatic nitrogens is 2. The van der Waals surface area contributed by atoms with Crippen LogP contribution in [0.3, 0.4) is 0 Å². The maximum absolute atomic E-state index is 15.1. The standard InChI is InChI=1S/C28H25F6N5O2S/c1-2-22(40)37-5-7-38(8-6-37)26-19-10-20(28(32,33)34)23(18-4-3-15(29)9-21(18)31)25-24(19)39(27(41)35-26)17(14-42-25)13-36-11-16(30)12-36/h2-4,9-10,16-17H,1,5-8,11-14H2. The Labute approximate surface area is 240 Å². The molecule has 2 saturated heterocycles. The zero-order valence-electron chi connectivity index (χ0n) is 22.1. The van der Waals surface area contributed by atoms with E-state index in [0.29, 0.717) is 6.07 Å². The number of alkyl halides is 4. The lowest BCUT2D eigenvalue weighted by atomic mass is 9.95. The Morgan fingerprint density at radius 1 is 1.12 bits per heavy atom. The van der Waals surface area contributed by atoms with E-state index in [4.69, 9.17) is 0 Å². The summed E-state index contributed by atoms with van der Waals surface area (Å²) in [5, 5.41) is 0.0517. The van der Waals surface area contributed by atoms with Crippen LogP contribution in [0.2, 0.25) is 0 Å². The summed E-state index contributed by atoms with van der Waals surface area (Å²) in [7, 11) is 0. The molecule has 1 aromatic heterocycles. The van der Waals surface area contributed by atoms with Crippen molar-refractivity contribution in [1.82, 2.24) is 19.4 Å². The maximum atomic E-state index is 15.1. The van der Waals surface area contributed by atoms with Crippen molar-refractivity contribution in [2.75, 3.05) is 56.5 Å². The minimum Gasteiger partial charge on any atom is -0.352 e. The SMILES string of the molecule is C=CC(=O)N1CCN(c2nc(=O)n3c4c(c(-c5ccc(F)cc5F)c(C(F)(F)F)cc24)SCC3CN2CC(F)C2)CC1. The van der Waals surface area contributed by atoms with Gasteiger partial charge < -0.3 is 9.80 Å². The first-order valence-electron chi connectivity index (χ1n) is 13.3. The minimum atomic E-state index is -4.93. The second-order valence-electron chi connectivity index (χ2n) is 10.5. The summed E-state index contributed by atoms with van der Waals surface area (Å²) in [5.74, 6) is -2.20. The van der Waals surface area contributed by atoms with Gasteiger partial charge in [0, 0.05) is 79.0 Å². The molecule has 2 aromatic carbocycles. The molecule has 1 atom stereocenters. The van der Waals surface area contributed by atoms with E-state index < -0.39 is 52.4 Å². The smallest absolute Gasteiger partial charge is 0.352 e. The van der Waals surface area contributed by atoms with Crippen LogP contribution in [0.25, 0.3) is 22.0 Å². The molecule has 42 heavy (non-hydrogen) atoms. The van der Waals surface area contributed by atoms with Crippen molar-refractivity contribution < 1.29 is 31.1 Å². The zero-order chi connectivity index (χ0) is 29.9. The number of thioether (sulfide) groups is 1. The van der Waals surface area contributed by atoms with Gasteiger partial charge in [0.2, 0.25) is 5.91 Å². The average molecular weight is 610 g/mol. The summed E-state index contributed by atoms with van der Waals surface area (Å²) in [5.41, 5.74) is -2.59. The molecule has 0 radical (unpaired) electrons. The van der Waals surface area contributed by atoms with Gasteiger partial charge in [0.15, 0.2) is 0 Å². The van der Waals surface area contributed by atoms with Gasteiger partial charge in [0.1, 0.15) is 23.6 Å². The third kappa shape index (κ3) is 4.93. The average Bonchev–Trinajstić information content (AvgIpc) is 2.93. The third-order valence-corrected chi connectivity index (χ3v) is 9.12. The van der Waals surface area contributed by atoms with E-state index in [1.807, 2.05) is 4.90 Å². The second kappa shape index (κ2) is 10.6. The summed E-state index contributed by atoms with van der Waals surface area (Å²) in [6.07, 6.45) is -4.74. The molecule has 3 aliphatic heterocycles. The lowest BCUT2D eigenvalue weighted by Gasteiger charge is -2.40. The number of piperazine rings is 1. The summed E-state index contributed by atoms with van der Waals surface area (Å²) in [4.78, 5) is 35.0. The molecule has 7 nitrogen and oxygen atoms in total. The van der Waals surface area contributed by atoms with Gasteiger partial charge >= 0.3 is 11.9 Å². The highest BCUT2D eigenvalue weighted by Gasteiger charge is 2.41. The predicted molar refractivity (Wildman–Crippen MR) is 146 cm³/mol. The number of carbonyl (C=O) groups excluding carboxylic acids is 1. The Hall–Kier alpha value is -3.52. The summed E-state index contributed by atoms with van der Waals surface area (Å²) < 4.78 is 87.8. The Bertz CT molecular complexity index is 1650. The fraction of sp³-hybridized carbons (Fsp3) is 0.393. The number of benzene rings is 2. The predicted octanol–water partition coefficient (Wildman–Crippen LogP) is 4.50. The van der Waals surface area contributed by atoms with E-state index in [0.717, 1.165) is 30.0 Å². The maximum Gasteiger partial charge on any atom is 0.417 e. The number of likely N-dealkylation sites (tertiary alicyclic amines) is 1. The van der Waals surface area contributed by atoms with Crippen LogP contribution in [0.5, 0.6) is 0 Å². The molecule has 1 amide bonds. The molecular weight excluding hydrogens is 584 g/mol. The Kier molecular flexibility index (Phi) is 7.24. The number of hydrogen-bond acceptors (Lipinski definition) is 6. The van der Waals surface area contributed by atoms with Crippen molar-refractivity contribution in [3.8, 4) is 11.1 Å². The topological polar surface area (TPSA) is 61.7 Å². The molecule has 6 rings (SSSR count). The first kappa shape index (κ1) is 28.6. The van der Waals surface area contributed by atoms with E-state index in [-0.39, 0.29) is 79.1 Å². The highest BCUT2D eigenvalue weighted by atomic mass is 32.2. The van der Waals surface area contributed by atoms with Crippen LogP contribution in [-0.4, -0.2) is 83.0 Å². The van der Waals surface area contributed by atoms with Crippen LogP contribution in [0.1, 0.15) is 11.6 Å². The van der Waals surface area contributed by atoms with Crippen molar-refractivity contribution in [2.45, 2.75) is 23.3 Å². The number of hydrogen-bond donors (Lipinski definition) is 0. The van der Waals surface area contributed by atoms with Crippen LogP contribution in [0.4, 0.5) is 32.2 Å². The fourth-order valence-electron chi connectivity index (χ4n) is 5.87. The second-order valence-corrected chi connectivity index (χ2v) is 11.6. The lowest BCUT2D eigenvalue weighted by Crippen LogP contribution is -2.52. The van der Waals surface area contributed by atoms with Gasteiger partial charge in [-0.1, -0.05) is 6.58 Å². The number of halogens is 6. The third-order valence-electron chi connectivity index (χ3n) is 7.88. The highest BCUT2D eigenvalue weighted by molar-refractivity contribution is 7.99. The molecule has 14 heteroatoms. The van der Waals surface area contributed by atoms with Gasteiger partial charge in [-0.2, -0.15) is 18.2 Å². The molecule has 0 N–H and O–H groups in total. The van der Waals surface area contributed by atoms with Crippen LogP contribution in [0.15, 0.2) is 46.6 Å². The summed E-state index contributed by atoms with van der Waals surface area (Å²) >= 11 is 1.05. The molecule has 0 bridgehead atoms. The largest absolute Gasteiger partial charge is 0.417 e. The number of amides is 1. The van der Waals surface area contributed by atoms with E-state index in [1.165, 1.54) is 15.5 Å². The van der Waals surface area contributed by atoms with Crippen LogP contribution < -0.4 is 10.6 Å². The summed E-state index contributed by atoms with van der Waals surface area (Å²) in [6, 6.07) is 2.72. The van der Waals surface area contributed by atoms with Gasteiger partial charge in [0.25, 0.3) is 0 Å². The van der Waals surface area contributed by atoms with Crippen molar-refractivity contribution in [3.05, 3.63) is 64.6 Å². The highest BCUT2D eigenvalue weighted by Crippen LogP contribution is 2.50. The Balaban J connectivity index is 1.59. The van der Waals surface area contributed by atoms with Crippen molar-refractivity contribution in [1.29, 1.82) is 0 Å². The van der Waals surface area contributed by atoms with Gasteiger partial charge in [-0.25, -0.2) is 18.0 Å². The Morgan fingerprint density at radius 2 is 1.83 bits per heavy atom. The zero-order valence-corrected chi connectivity index (χ0v) is 23.0. The fourth-order valence-corrected chi connectivity index (χ4v) is 7.19. The van der Waals surface area contributed by atoms with Crippen LogP contribution in [-0.2, 0) is 11.0 Å². The van der Waals surface area contributed by atoms with Crippen molar-refractivity contribution in [3.63, 3.8) is 0 Å². The molecule has 2 fully saturated rings. The van der Waals surface area contributed by atoms with E-state index >= 15 is 4.39 Å². The van der Waals surface area contributed by atoms with E-state index in [2.05, 4.69) is 11.6 Å². The number of nitrogens with zero attached hydrogens (tertiary/aromatic N) is 5. The van der Waals surface area contributed by atoms with Gasteiger partial charge in [-0.05, 0) is 24.3 Å². The van der Waals surface area contributed by atoms with Crippen molar-refractivity contribution in [2.24, 2.45) is 0 Å². The molecule has 1 unspecified atom stereocenters.